The second kappa shape index (κ2) is 5.87. The SMILES string of the molecule is C=CC(=O)Oc1ccc(Cc2ccc(O)cc2)cc1. The van der Waals surface area contributed by atoms with Crippen LogP contribution in [0.1, 0.15) is 11.1 Å². The molecule has 1 N–H and O–H groups in total. The molecule has 0 aliphatic rings. The third-order valence-corrected chi connectivity index (χ3v) is 2.65. The molecule has 3 nitrogen and oxygen atoms in total. The summed E-state index contributed by atoms with van der Waals surface area (Å²) in [6.07, 6.45) is 1.89. The average molecular weight is 254 g/mol. The Morgan fingerprint density at radius 1 is 1.05 bits per heavy atom. The van der Waals surface area contributed by atoms with Gasteiger partial charge in [0, 0.05) is 6.08 Å². The predicted molar refractivity (Wildman–Crippen MR) is 73.2 cm³/mol. The number of ether oxygens (including phenoxy) is 1. The number of aromatic hydroxyl groups is 1. The lowest BCUT2D eigenvalue weighted by molar-refractivity contribution is -0.128. The van der Waals surface area contributed by atoms with Crippen LogP contribution in [0.5, 0.6) is 11.5 Å². The Labute approximate surface area is 111 Å². The first-order valence-corrected chi connectivity index (χ1v) is 5.88. The molecular weight excluding hydrogens is 240 g/mol. The molecule has 0 heterocycles. The van der Waals surface area contributed by atoms with Crippen molar-refractivity contribution in [1.82, 2.24) is 0 Å². The van der Waals surface area contributed by atoms with Gasteiger partial charge in [0.2, 0.25) is 0 Å². The Morgan fingerprint density at radius 2 is 1.58 bits per heavy atom. The summed E-state index contributed by atoms with van der Waals surface area (Å²) in [7, 11) is 0. The molecule has 19 heavy (non-hydrogen) atoms. The zero-order valence-electron chi connectivity index (χ0n) is 10.4. The van der Waals surface area contributed by atoms with Gasteiger partial charge in [-0.05, 0) is 41.8 Å². The normalized spacial score (nSPS) is 9.89. The fourth-order valence-electron chi connectivity index (χ4n) is 1.68. The van der Waals surface area contributed by atoms with Crippen LogP contribution in [0, 0.1) is 0 Å². The molecule has 0 saturated carbocycles. The van der Waals surface area contributed by atoms with Crippen LogP contribution in [-0.2, 0) is 11.2 Å². The number of hydrogen-bond acceptors (Lipinski definition) is 3. The van der Waals surface area contributed by atoms with E-state index >= 15 is 0 Å². The second-order valence-electron chi connectivity index (χ2n) is 4.11. The van der Waals surface area contributed by atoms with Crippen molar-refractivity contribution < 1.29 is 14.6 Å². The molecule has 0 fully saturated rings. The van der Waals surface area contributed by atoms with Crippen LogP contribution in [0.3, 0.4) is 0 Å². The first kappa shape index (κ1) is 12.9. The van der Waals surface area contributed by atoms with Gasteiger partial charge in [-0.2, -0.15) is 0 Å². The van der Waals surface area contributed by atoms with Crippen molar-refractivity contribution in [2.75, 3.05) is 0 Å². The third kappa shape index (κ3) is 3.71. The van der Waals surface area contributed by atoms with Crippen molar-refractivity contribution in [2.45, 2.75) is 6.42 Å². The zero-order valence-corrected chi connectivity index (χ0v) is 10.4. The van der Waals surface area contributed by atoms with Crippen LogP contribution >= 0.6 is 0 Å². The highest BCUT2D eigenvalue weighted by Gasteiger charge is 2.01. The zero-order chi connectivity index (χ0) is 13.7. The molecule has 2 rings (SSSR count). The van der Waals surface area contributed by atoms with E-state index < -0.39 is 5.97 Å². The fraction of sp³-hybridized carbons (Fsp3) is 0.0625. The number of carbonyl (C=O) groups is 1. The summed E-state index contributed by atoms with van der Waals surface area (Å²) in [5.41, 5.74) is 2.21. The molecule has 0 saturated heterocycles. The summed E-state index contributed by atoms with van der Waals surface area (Å²) in [4.78, 5) is 11.0. The van der Waals surface area contributed by atoms with Crippen LogP contribution in [0.4, 0.5) is 0 Å². The fourth-order valence-corrected chi connectivity index (χ4v) is 1.68. The van der Waals surface area contributed by atoms with Gasteiger partial charge in [-0.3, -0.25) is 0 Å². The van der Waals surface area contributed by atoms with Crippen molar-refractivity contribution in [3.8, 4) is 11.5 Å². The average Bonchev–Trinajstić information content (AvgIpc) is 2.43. The van der Waals surface area contributed by atoms with Gasteiger partial charge in [-0.15, -0.1) is 0 Å². The highest BCUT2D eigenvalue weighted by atomic mass is 16.5. The lowest BCUT2D eigenvalue weighted by Gasteiger charge is -2.04. The van der Waals surface area contributed by atoms with Crippen LogP contribution < -0.4 is 4.74 Å². The van der Waals surface area contributed by atoms with Crippen molar-refractivity contribution in [2.24, 2.45) is 0 Å². The van der Waals surface area contributed by atoms with Gasteiger partial charge < -0.3 is 9.84 Å². The molecule has 2 aromatic rings. The van der Waals surface area contributed by atoms with E-state index in [-0.39, 0.29) is 5.75 Å². The minimum atomic E-state index is -0.466. The topological polar surface area (TPSA) is 46.5 Å². The van der Waals surface area contributed by atoms with E-state index in [2.05, 4.69) is 6.58 Å². The van der Waals surface area contributed by atoms with Gasteiger partial charge in [-0.1, -0.05) is 30.8 Å². The summed E-state index contributed by atoms with van der Waals surface area (Å²) in [5.74, 6) is 0.293. The van der Waals surface area contributed by atoms with Crippen molar-refractivity contribution >= 4 is 5.97 Å². The lowest BCUT2D eigenvalue weighted by Crippen LogP contribution is -2.02. The molecule has 0 bridgehead atoms. The van der Waals surface area contributed by atoms with Gasteiger partial charge in [-0.25, -0.2) is 4.79 Å². The largest absolute Gasteiger partial charge is 0.508 e. The molecule has 0 aliphatic carbocycles. The summed E-state index contributed by atoms with van der Waals surface area (Å²) in [6.45, 7) is 3.34. The summed E-state index contributed by atoms with van der Waals surface area (Å²) in [6, 6.07) is 14.4. The van der Waals surface area contributed by atoms with E-state index in [1.807, 2.05) is 24.3 Å². The smallest absolute Gasteiger partial charge is 0.335 e. The van der Waals surface area contributed by atoms with Crippen LogP contribution in [0.2, 0.25) is 0 Å². The molecule has 0 spiro atoms. The number of benzene rings is 2. The molecule has 2 aromatic carbocycles. The number of phenols is 1. The molecule has 0 atom stereocenters. The van der Waals surface area contributed by atoms with Crippen LogP contribution in [0.15, 0.2) is 61.2 Å². The Bertz CT molecular complexity index is 568. The molecule has 96 valence electrons. The van der Waals surface area contributed by atoms with Gasteiger partial charge in [0.05, 0.1) is 0 Å². The first-order valence-electron chi connectivity index (χ1n) is 5.88. The quantitative estimate of drug-likeness (QED) is 0.518. The minimum Gasteiger partial charge on any atom is -0.508 e. The van der Waals surface area contributed by atoms with Gasteiger partial charge in [0.15, 0.2) is 0 Å². The monoisotopic (exact) mass is 254 g/mol. The van der Waals surface area contributed by atoms with Crippen molar-refractivity contribution in [3.05, 3.63) is 72.3 Å². The molecule has 0 amide bonds. The number of rotatable bonds is 4. The summed E-state index contributed by atoms with van der Waals surface area (Å²) >= 11 is 0. The molecule has 0 aromatic heterocycles. The van der Waals surface area contributed by atoms with Gasteiger partial charge in [0.25, 0.3) is 0 Å². The number of phenolic OH excluding ortho intramolecular Hbond substituents is 1. The molecule has 0 unspecified atom stereocenters. The number of hydrogen-bond donors (Lipinski definition) is 1. The van der Waals surface area contributed by atoms with E-state index in [1.165, 1.54) is 0 Å². The Morgan fingerprint density at radius 3 is 2.11 bits per heavy atom. The minimum absolute atomic E-state index is 0.260. The number of carbonyl (C=O) groups excluding carboxylic acids is 1. The van der Waals surface area contributed by atoms with E-state index in [0.717, 1.165) is 23.6 Å². The predicted octanol–water partition coefficient (Wildman–Crippen LogP) is 3.07. The van der Waals surface area contributed by atoms with Gasteiger partial charge in [0.1, 0.15) is 11.5 Å². The van der Waals surface area contributed by atoms with Gasteiger partial charge >= 0.3 is 5.97 Å². The Kier molecular flexibility index (Phi) is 3.98. The van der Waals surface area contributed by atoms with E-state index in [9.17, 15) is 9.90 Å². The molecule has 0 aliphatic heterocycles. The second-order valence-corrected chi connectivity index (χ2v) is 4.11. The van der Waals surface area contributed by atoms with E-state index in [4.69, 9.17) is 4.74 Å². The van der Waals surface area contributed by atoms with Crippen molar-refractivity contribution in [1.29, 1.82) is 0 Å². The maximum atomic E-state index is 11.0. The van der Waals surface area contributed by atoms with E-state index in [0.29, 0.717) is 5.75 Å². The highest BCUT2D eigenvalue weighted by molar-refractivity contribution is 5.83. The van der Waals surface area contributed by atoms with Crippen molar-refractivity contribution in [3.63, 3.8) is 0 Å². The van der Waals surface area contributed by atoms with E-state index in [1.54, 1.807) is 24.3 Å². The lowest BCUT2D eigenvalue weighted by atomic mass is 10.0. The summed E-state index contributed by atoms with van der Waals surface area (Å²) < 4.78 is 4.99. The Balaban J connectivity index is 2.04. The Hall–Kier alpha value is -2.55. The number of esters is 1. The highest BCUT2D eigenvalue weighted by Crippen LogP contribution is 2.17. The van der Waals surface area contributed by atoms with Crippen LogP contribution in [0.25, 0.3) is 0 Å². The molecule has 0 radical (unpaired) electrons. The summed E-state index contributed by atoms with van der Waals surface area (Å²) in [5, 5.41) is 9.21. The maximum Gasteiger partial charge on any atom is 0.335 e. The molecular formula is C16H14O3. The third-order valence-electron chi connectivity index (χ3n) is 2.65. The first-order chi connectivity index (χ1) is 9.17. The van der Waals surface area contributed by atoms with Crippen LogP contribution in [-0.4, -0.2) is 11.1 Å². The standard InChI is InChI=1S/C16H14O3/c1-2-16(18)19-15-9-5-13(6-10-15)11-12-3-7-14(17)8-4-12/h2-10,17H,1,11H2. The maximum absolute atomic E-state index is 11.0. The molecule has 3 heteroatoms.